The van der Waals surface area contributed by atoms with Gasteiger partial charge in [-0.15, -0.1) is 0 Å². The van der Waals surface area contributed by atoms with E-state index in [1.165, 1.54) is 0 Å². The molecule has 0 aromatic rings. The first-order chi connectivity index (χ1) is 5.91. The van der Waals surface area contributed by atoms with Gasteiger partial charge in [-0.25, -0.2) is 10.0 Å². The van der Waals surface area contributed by atoms with Crippen molar-refractivity contribution in [2.75, 3.05) is 14.1 Å². The summed E-state index contributed by atoms with van der Waals surface area (Å²) in [5.41, 5.74) is 3.11. The van der Waals surface area contributed by atoms with Gasteiger partial charge in [0.05, 0.1) is 0 Å². The highest BCUT2D eigenvalue weighted by molar-refractivity contribution is 5.79. The zero-order valence-corrected chi connectivity index (χ0v) is 9.55. The van der Waals surface area contributed by atoms with Gasteiger partial charge < -0.3 is 5.32 Å². The highest BCUT2D eigenvalue weighted by atomic mass is 15.5. The molecule has 0 saturated heterocycles. The highest BCUT2D eigenvalue weighted by Gasteiger charge is 2.02. The van der Waals surface area contributed by atoms with Crippen LogP contribution in [-0.2, 0) is 0 Å². The molecule has 0 rings (SSSR count). The fraction of sp³-hybridized carbons (Fsp3) is 0.889. The average Bonchev–Trinajstić information content (AvgIpc) is 1.80. The van der Waals surface area contributed by atoms with Crippen molar-refractivity contribution in [3.8, 4) is 0 Å². The molecule has 4 nitrogen and oxygen atoms in total. The Kier molecular flexibility index (Phi) is 5.46. The lowest BCUT2D eigenvalue weighted by atomic mass is 10.4. The van der Waals surface area contributed by atoms with Crippen molar-refractivity contribution in [1.29, 1.82) is 0 Å². The Bertz CT molecular complexity index is 149. The van der Waals surface area contributed by atoms with Crippen LogP contribution in [0.25, 0.3) is 0 Å². The van der Waals surface area contributed by atoms with Gasteiger partial charge in [0.25, 0.3) is 0 Å². The molecular formula is C9H22N4. The first-order valence-corrected chi connectivity index (χ1v) is 4.70. The molecule has 13 heavy (non-hydrogen) atoms. The molecule has 0 aliphatic rings. The van der Waals surface area contributed by atoms with Gasteiger partial charge in [-0.2, -0.15) is 0 Å². The molecule has 0 bridgehead atoms. The van der Waals surface area contributed by atoms with Crippen molar-refractivity contribution in [2.45, 2.75) is 39.8 Å². The quantitative estimate of drug-likeness (QED) is 0.389. The summed E-state index contributed by atoms with van der Waals surface area (Å²) >= 11 is 0. The van der Waals surface area contributed by atoms with Gasteiger partial charge in [-0.3, -0.25) is 5.43 Å². The summed E-state index contributed by atoms with van der Waals surface area (Å²) in [4.78, 5) is 4.41. The minimum Gasteiger partial charge on any atom is -0.353 e. The van der Waals surface area contributed by atoms with Crippen molar-refractivity contribution in [2.24, 2.45) is 4.99 Å². The summed E-state index contributed by atoms with van der Waals surface area (Å²) in [6, 6.07) is 0.693. The van der Waals surface area contributed by atoms with E-state index in [1.54, 1.807) is 0 Å². The molecule has 0 spiro atoms. The molecule has 0 atom stereocenters. The molecule has 4 heteroatoms. The van der Waals surface area contributed by atoms with Crippen LogP contribution in [-0.4, -0.2) is 37.1 Å². The van der Waals surface area contributed by atoms with Crippen molar-refractivity contribution in [3.63, 3.8) is 0 Å². The molecule has 0 heterocycles. The van der Waals surface area contributed by atoms with Gasteiger partial charge in [0.1, 0.15) is 0 Å². The summed E-state index contributed by atoms with van der Waals surface area (Å²) in [6.45, 7) is 8.29. The van der Waals surface area contributed by atoms with Crippen LogP contribution in [0, 0.1) is 0 Å². The van der Waals surface area contributed by atoms with Crippen molar-refractivity contribution in [3.05, 3.63) is 0 Å². The van der Waals surface area contributed by atoms with Gasteiger partial charge in [-0.1, -0.05) is 0 Å². The Morgan fingerprint density at radius 1 is 1.15 bits per heavy atom. The summed E-state index contributed by atoms with van der Waals surface area (Å²) in [5, 5.41) is 5.11. The van der Waals surface area contributed by atoms with Crippen LogP contribution in [0.5, 0.6) is 0 Å². The fourth-order valence-corrected chi connectivity index (χ4v) is 0.842. The van der Waals surface area contributed by atoms with Crippen LogP contribution in [0.15, 0.2) is 4.99 Å². The van der Waals surface area contributed by atoms with Gasteiger partial charge in [0.15, 0.2) is 0 Å². The predicted molar refractivity (Wildman–Crippen MR) is 57.7 cm³/mol. The van der Waals surface area contributed by atoms with Crippen molar-refractivity contribution >= 4 is 5.96 Å². The maximum absolute atomic E-state index is 4.41. The number of nitrogens with one attached hydrogen (secondary N) is 2. The Morgan fingerprint density at radius 2 is 1.69 bits per heavy atom. The van der Waals surface area contributed by atoms with E-state index in [1.807, 2.05) is 19.1 Å². The Morgan fingerprint density at radius 3 is 2.00 bits per heavy atom. The SMILES string of the molecule is CC(C)N=C(NC(C)C)NN(C)C. The summed E-state index contributed by atoms with van der Waals surface area (Å²) in [7, 11) is 3.88. The molecule has 0 aliphatic heterocycles. The minimum atomic E-state index is 0.300. The first kappa shape index (κ1) is 12.2. The molecule has 0 aliphatic carbocycles. The molecule has 2 N–H and O–H groups in total. The Labute approximate surface area is 81.4 Å². The van der Waals surface area contributed by atoms with E-state index in [9.17, 15) is 0 Å². The van der Waals surface area contributed by atoms with E-state index in [2.05, 4.69) is 43.4 Å². The lowest BCUT2D eigenvalue weighted by Crippen LogP contribution is -2.47. The second-order valence-corrected chi connectivity index (χ2v) is 3.88. The summed E-state index contributed by atoms with van der Waals surface area (Å²) < 4.78 is 0. The van der Waals surface area contributed by atoms with Crippen LogP contribution in [0.4, 0.5) is 0 Å². The zero-order chi connectivity index (χ0) is 10.4. The number of hydrazine groups is 1. The normalized spacial score (nSPS) is 12.8. The predicted octanol–water partition coefficient (Wildman–Crippen LogP) is 0.815. The molecule has 0 amide bonds. The second kappa shape index (κ2) is 5.80. The van der Waals surface area contributed by atoms with Gasteiger partial charge in [0, 0.05) is 26.2 Å². The molecule has 0 radical (unpaired) electrons. The molecule has 0 aromatic carbocycles. The maximum Gasteiger partial charge on any atom is 0.206 e. The largest absolute Gasteiger partial charge is 0.353 e. The topological polar surface area (TPSA) is 39.7 Å². The van der Waals surface area contributed by atoms with Crippen LogP contribution >= 0.6 is 0 Å². The van der Waals surface area contributed by atoms with Crippen LogP contribution < -0.4 is 10.7 Å². The molecule has 0 aromatic heterocycles. The Balaban J connectivity index is 4.19. The van der Waals surface area contributed by atoms with Crippen molar-refractivity contribution in [1.82, 2.24) is 15.8 Å². The number of nitrogens with zero attached hydrogens (tertiary/aromatic N) is 2. The van der Waals surface area contributed by atoms with Crippen LogP contribution in [0.1, 0.15) is 27.7 Å². The second-order valence-electron chi connectivity index (χ2n) is 3.88. The lowest BCUT2D eigenvalue weighted by Gasteiger charge is -2.19. The van der Waals surface area contributed by atoms with E-state index in [4.69, 9.17) is 0 Å². The van der Waals surface area contributed by atoms with E-state index in [-0.39, 0.29) is 0 Å². The van der Waals surface area contributed by atoms with E-state index in [0.29, 0.717) is 12.1 Å². The number of aliphatic imine (C=N–C) groups is 1. The van der Waals surface area contributed by atoms with Crippen molar-refractivity contribution < 1.29 is 0 Å². The average molecular weight is 186 g/mol. The standard InChI is InChI=1S/C9H22N4/c1-7(2)10-9(11-8(3)4)12-13(5)6/h7-8H,1-6H3,(H2,10,11,12). The number of hydrogen-bond donors (Lipinski definition) is 2. The fourth-order valence-electron chi connectivity index (χ4n) is 0.842. The molecule has 0 fully saturated rings. The van der Waals surface area contributed by atoms with Gasteiger partial charge in [0.2, 0.25) is 5.96 Å². The zero-order valence-electron chi connectivity index (χ0n) is 9.55. The van der Waals surface area contributed by atoms with Gasteiger partial charge >= 0.3 is 0 Å². The summed E-state index contributed by atoms with van der Waals surface area (Å²) in [5.74, 6) is 0.829. The molecular weight excluding hydrogens is 164 g/mol. The number of rotatable bonds is 3. The third-order valence-electron chi connectivity index (χ3n) is 1.14. The smallest absolute Gasteiger partial charge is 0.206 e. The first-order valence-electron chi connectivity index (χ1n) is 4.70. The van der Waals surface area contributed by atoms with E-state index >= 15 is 0 Å². The minimum absolute atomic E-state index is 0.300. The number of guanidine groups is 1. The van der Waals surface area contributed by atoms with E-state index in [0.717, 1.165) is 5.96 Å². The summed E-state index contributed by atoms with van der Waals surface area (Å²) in [6.07, 6.45) is 0. The lowest BCUT2D eigenvalue weighted by molar-refractivity contribution is 0.353. The Hall–Kier alpha value is -0.770. The highest BCUT2D eigenvalue weighted by Crippen LogP contribution is 1.87. The molecule has 0 unspecified atom stereocenters. The van der Waals surface area contributed by atoms with Crippen LogP contribution in [0.2, 0.25) is 0 Å². The number of hydrogen-bond acceptors (Lipinski definition) is 2. The third-order valence-corrected chi connectivity index (χ3v) is 1.14. The van der Waals surface area contributed by atoms with Crippen LogP contribution in [0.3, 0.4) is 0 Å². The third kappa shape index (κ3) is 7.59. The monoisotopic (exact) mass is 186 g/mol. The molecule has 78 valence electrons. The maximum atomic E-state index is 4.41. The van der Waals surface area contributed by atoms with E-state index < -0.39 is 0 Å². The van der Waals surface area contributed by atoms with Gasteiger partial charge in [-0.05, 0) is 27.7 Å². The molecule has 0 saturated carbocycles.